The van der Waals surface area contributed by atoms with Crippen LogP contribution in [0.15, 0.2) is 18.2 Å². The standard InChI is InChI=1S/C21H29N5O3/c1-21(2,3)25-18(28)11-26(4)20-15-8-6-9-16(15)23-19(24-20)17-10-5-7-14(22-17)12-29-13-27/h5,7,10,27H,6,8-9,11-13H2,1-4H3,(H,25,28). The number of aromatic nitrogens is 3. The Labute approximate surface area is 171 Å². The van der Waals surface area contributed by atoms with E-state index in [-0.39, 0.29) is 31.4 Å². The van der Waals surface area contributed by atoms with Crippen molar-refractivity contribution in [1.29, 1.82) is 0 Å². The number of likely N-dealkylation sites (N-methyl/N-ethyl adjacent to an activating group) is 1. The summed E-state index contributed by atoms with van der Waals surface area (Å²) >= 11 is 0. The topological polar surface area (TPSA) is 100 Å². The van der Waals surface area contributed by atoms with E-state index in [1.807, 2.05) is 50.9 Å². The third-order valence-corrected chi connectivity index (χ3v) is 4.55. The Morgan fingerprint density at radius 3 is 2.76 bits per heavy atom. The molecule has 156 valence electrons. The molecule has 3 rings (SSSR count). The number of hydrogen-bond donors (Lipinski definition) is 2. The Morgan fingerprint density at radius 1 is 1.24 bits per heavy atom. The van der Waals surface area contributed by atoms with Crippen molar-refractivity contribution in [3.05, 3.63) is 35.2 Å². The fourth-order valence-electron chi connectivity index (χ4n) is 3.43. The van der Waals surface area contributed by atoms with E-state index in [0.717, 1.165) is 36.3 Å². The summed E-state index contributed by atoms with van der Waals surface area (Å²) in [5.74, 6) is 1.27. The first-order valence-electron chi connectivity index (χ1n) is 9.83. The SMILES string of the molecule is CN(CC(=O)NC(C)(C)C)c1nc(-c2cccc(COCO)n2)nc2c1CCC2. The molecule has 2 aromatic heterocycles. The minimum Gasteiger partial charge on any atom is -0.371 e. The monoisotopic (exact) mass is 399 g/mol. The van der Waals surface area contributed by atoms with Gasteiger partial charge in [-0.05, 0) is 52.2 Å². The first kappa shape index (κ1) is 21.1. The van der Waals surface area contributed by atoms with Crippen molar-refractivity contribution < 1.29 is 14.6 Å². The predicted molar refractivity (Wildman–Crippen MR) is 110 cm³/mol. The Balaban J connectivity index is 1.89. The molecular weight excluding hydrogens is 370 g/mol. The van der Waals surface area contributed by atoms with E-state index in [0.29, 0.717) is 17.2 Å². The summed E-state index contributed by atoms with van der Waals surface area (Å²) in [6.45, 7) is 5.97. The van der Waals surface area contributed by atoms with Crippen molar-refractivity contribution in [1.82, 2.24) is 20.3 Å². The number of nitrogens with zero attached hydrogens (tertiary/aromatic N) is 4. The number of rotatable bonds is 7. The van der Waals surface area contributed by atoms with Crippen LogP contribution in [0.3, 0.4) is 0 Å². The molecule has 0 unspecified atom stereocenters. The van der Waals surface area contributed by atoms with Gasteiger partial charge in [0.25, 0.3) is 0 Å². The molecule has 0 atom stereocenters. The van der Waals surface area contributed by atoms with Crippen molar-refractivity contribution in [2.24, 2.45) is 0 Å². The van der Waals surface area contributed by atoms with Crippen LogP contribution in [0, 0.1) is 0 Å². The number of nitrogens with one attached hydrogen (secondary N) is 1. The van der Waals surface area contributed by atoms with Gasteiger partial charge in [0.1, 0.15) is 18.3 Å². The van der Waals surface area contributed by atoms with Gasteiger partial charge in [0, 0.05) is 23.8 Å². The third kappa shape index (κ3) is 5.48. The zero-order valence-electron chi connectivity index (χ0n) is 17.5. The predicted octanol–water partition coefficient (Wildman–Crippen LogP) is 1.84. The Hall–Kier alpha value is -2.58. The smallest absolute Gasteiger partial charge is 0.239 e. The molecule has 0 aromatic carbocycles. The zero-order chi connectivity index (χ0) is 21.0. The maximum atomic E-state index is 12.4. The molecule has 0 radical (unpaired) electrons. The van der Waals surface area contributed by atoms with E-state index in [9.17, 15) is 4.79 Å². The number of aliphatic hydroxyl groups is 1. The van der Waals surface area contributed by atoms with Crippen molar-refractivity contribution in [3.63, 3.8) is 0 Å². The van der Waals surface area contributed by atoms with Gasteiger partial charge in [0.05, 0.1) is 18.8 Å². The summed E-state index contributed by atoms with van der Waals surface area (Å²) in [6, 6.07) is 5.56. The summed E-state index contributed by atoms with van der Waals surface area (Å²) in [7, 11) is 1.88. The fraction of sp³-hybridized carbons (Fsp3) is 0.524. The quantitative estimate of drug-likeness (QED) is 0.685. The number of carbonyl (C=O) groups excluding carboxylic acids is 1. The van der Waals surface area contributed by atoms with Crippen molar-refractivity contribution >= 4 is 11.7 Å². The highest BCUT2D eigenvalue weighted by molar-refractivity contribution is 5.82. The highest BCUT2D eigenvalue weighted by Gasteiger charge is 2.24. The number of aliphatic hydroxyl groups excluding tert-OH is 1. The van der Waals surface area contributed by atoms with Crippen molar-refractivity contribution in [2.75, 3.05) is 25.3 Å². The first-order chi connectivity index (χ1) is 13.8. The molecule has 2 N–H and O–H groups in total. The molecule has 2 aromatic rings. The lowest BCUT2D eigenvalue weighted by Crippen LogP contribution is -2.45. The Morgan fingerprint density at radius 2 is 2.03 bits per heavy atom. The van der Waals surface area contributed by atoms with Crippen LogP contribution in [-0.4, -0.2) is 51.9 Å². The number of pyridine rings is 1. The second-order valence-corrected chi connectivity index (χ2v) is 8.30. The largest absolute Gasteiger partial charge is 0.371 e. The lowest BCUT2D eigenvalue weighted by atomic mass is 10.1. The van der Waals surface area contributed by atoms with Gasteiger partial charge in [-0.2, -0.15) is 0 Å². The molecule has 0 saturated carbocycles. The number of aryl methyl sites for hydroxylation is 1. The lowest BCUT2D eigenvalue weighted by molar-refractivity contribution is -0.121. The molecule has 2 heterocycles. The Kier molecular flexibility index (Phi) is 6.44. The molecule has 0 fully saturated rings. The number of ether oxygens (including phenoxy) is 1. The van der Waals surface area contributed by atoms with Gasteiger partial charge in [0.2, 0.25) is 5.91 Å². The van der Waals surface area contributed by atoms with Gasteiger partial charge < -0.3 is 20.1 Å². The van der Waals surface area contributed by atoms with E-state index < -0.39 is 0 Å². The average molecular weight is 399 g/mol. The van der Waals surface area contributed by atoms with Crippen molar-refractivity contribution in [2.45, 2.75) is 52.2 Å². The van der Waals surface area contributed by atoms with Crippen LogP contribution in [0.4, 0.5) is 5.82 Å². The van der Waals surface area contributed by atoms with Gasteiger partial charge in [0.15, 0.2) is 5.82 Å². The van der Waals surface area contributed by atoms with Crippen LogP contribution in [-0.2, 0) is 29.0 Å². The normalized spacial score (nSPS) is 13.3. The number of amides is 1. The number of anilines is 1. The Bertz CT molecular complexity index is 879. The molecule has 1 aliphatic carbocycles. The van der Waals surface area contributed by atoms with Gasteiger partial charge in [-0.15, -0.1) is 0 Å². The molecule has 0 aliphatic heterocycles. The molecule has 29 heavy (non-hydrogen) atoms. The molecule has 8 heteroatoms. The number of fused-ring (bicyclic) bond motifs is 1. The maximum absolute atomic E-state index is 12.4. The van der Waals surface area contributed by atoms with Gasteiger partial charge in [-0.1, -0.05) is 6.07 Å². The third-order valence-electron chi connectivity index (χ3n) is 4.55. The van der Waals surface area contributed by atoms with Gasteiger partial charge in [-0.25, -0.2) is 15.0 Å². The highest BCUT2D eigenvalue weighted by Crippen LogP contribution is 2.30. The summed E-state index contributed by atoms with van der Waals surface area (Å²) in [6.07, 6.45) is 2.83. The van der Waals surface area contributed by atoms with Crippen LogP contribution in [0.25, 0.3) is 11.5 Å². The summed E-state index contributed by atoms with van der Waals surface area (Å²) < 4.78 is 5.03. The van der Waals surface area contributed by atoms with E-state index in [1.54, 1.807) is 0 Å². The maximum Gasteiger partial charge on any atom is 0.239 e. The van der Waals surface area contributed by atoms with E-state index >= 15 is 0 Å². The molecule has 0 bridgehead atoms. The highest BCUT2D eigenvalue weighted by atomic mass is 16.6. The number of carbonyl (C=O) groups is 1. The molecule has 0 spiro atoms. The van der Waals surface area contributed by atoms with Crippen LogP contribution >= 0.6 is 0 Å². The van der Waals surface area contributed by atoms with Crippen LogP contribution < -0.4 is 10.2 Å². The first-order valence-corrected chi connectivity index (χ1v) is 9.83. The summed E-state index contributed by atoms with van der Waals surface area (Å²) in [5, 5.41) is 11.8. The fourth-order valence-corrected chi connectivity index (χ4v) is 3.43. The van der Waals surface area contributed by atoms with E-state index in [4.69, 9.17) is 19.8 Å². The van der Waals surface area contributed by atoms with E-state index in [2.05, 4.69) is 10.3 Å². The minimum atomic E-state index is -0.354. The van der Waals surface area contributed by atoms with E-state index in [1.165, 1.54) is 0 Å². The lowest BCUT2D eigenvalue weighted by Gasteiger charge is -2.25. The molecule has 0 saturated heterocycles. The molecule has 8 nitrogen and oxygen atoms in total. The van der Waals surface area contributed by atoms with Crippen LogP contribution in [0.5, 0.6) is 0 Å². The molecular formula is C21H29N5O3. The molecule has 1 amide bonds. The number of hydrogen-bond acceptors (Lipinski definition) is 7. The van der Waals surface area contributed by atoms with Gasteiger partial charge >= 0.3 is 0 Å². The second-order valence-electron chi connectivity index (χ2n) is 8.30. The average Bonchev–Trinajstić information content (AvgIpc) is 3.12. The minimum absolute atomic E-state index is 0.0480. The summed E-state index contributed by atoms with van der Waals surface area (Å²) in [4.78, 5) is 28.3. The van der Waals surface area contributed by atoms with Gasteiger partial charge in [-0.3, -0.25) is 4.79 Å². The molecule has 1 aliphatic rings. The van der Waals surface area contributed by atoms with Crippen LogP contribution in [0.1, 0.15) is 44.1 Å². The zero-order valence-corrected chi connectivity index (χ0v) is 17.5. The van der Waals surface area contributed by atoms with Crippen LogP contribution in [0.2, 0.25) is 0 Å². The summed E-state index contributed by atoms with van der Waals surface area (Å²) in [5.41, 5.74) is 3.19. The second kappa shape index (κ2) is 8.84. The van der Waals surface area contributed by atoms with Crippen molar-refractivity contribution in [3.8, 4) is 11.5 Å².